The van der Waals surface area contributed by atoms with Crippen LogP contribution in [-0.4, -0.2) is 15.0 Å². The number of hydrogen-bond acceptors (Lipinski definition) is 3. The van der Waals surface area contributed by atoms with Gasteiger partial charge in [-0.25, -0.2) is 15.0 Å². The van der Waals surface area contributed by atoms with Crippen molar-refractivity contribution in [1.29, 1.82) is 0 Å². The van der Waals surface area contributed by atoms with Crippen molar-refractivity contribution in [2.45, 2.75) is 0 Å². The molecule has 0 saturated carbocycles. The molecule has 2 aromatic heterocycles. The molecular weight excluding hydrogens is 558 g/mol. The Labute approximate surface area is 266 Å². The second-order valence-electron chi connectivity index (χ2n) is 11.6. The van der Waals surface area contributed by atoms with E-state index in [4.69, 9.17) is 15.0 Å². The van der Waals surface area contributed by atoms with E-state index >= 15 is 0 Å². The molecule has 7 aromatic carbocycles. The van der Waals surface area contributed by atoms with Crippen molar-refractivity contribution in [3.8, 4) is 45.0 Å². The lowest BCUT2D eigenvalue weighted by Gasteiger charge is -2.16. The number of aromatic nitrogens is 3. The van der Waals surface area contributed by atoms with Crippen LogP contribution in [0.3, 0.4) is 0 Å². The third-order valence-corrected chi connectivity index (χ3v) is 8.85. The minimum atomic E-state index is 0.701. The SMILES string of the molecule is c1ccc(-c2cc(-c3ccccc3)nc(-c3ccc(-c4c5c(ccc6ccccc65)nc5ccc6ccccc6c45)cc3)n2)cc1. The van der Waals surface area contributed by atoms with Crippen molar-refractivity contribution >= 4 is 43.4 Å². The Morgan fingerprint density at radius 2 is 0.783 bits per heavy atom. The van der Waals surface area contributed by atoms with E-state index in [0.29, 0.717) is 5.82 Å². The summed E-state index contributed by atoms with van der Waals surface area (Å²) in [4.78, 5) is 15.3. The van der Waals surface area contributed by atoms with Crippen molar-refractivity contribution in [2.24, 2.45) is 0 Å². The number of nitrogens with zero attached hydrogens (tertiary/aromatic N) is 3. The average Bonchev–Trinajstić information content (AvgIpc) is 3.14. The molecule has 0 aliphatic heterocycles. The maximum Gasteiger partial charge on any atom is 0.160 e. The molecule has 0 spiro atoms. The maximum absolute atomic E-state index is 5.19. The summed E-state index contributed by atoms with van der Waals surface area (Å²) in [5, 5.41) is 7.15. The molecule has 0 saturated heterocycles. The predicted octanol–water partition coefficient (Wildman–Crippen LogP) is 11.2. The predicted molar refractivity (Wildman–Crippen MR) is 192 cm³/mol. The summed E-state index contributed by atoms with van der Waals surface area (Å²) in [6, 6.07) is 57.3. The Balaban J connectivity index is 1.28. The zero-order valence-electron chi connectivity index (χ0n) is 24.9. The van der Waals surface area contributed by atoms with Gasteiger partial charge in [-0.2, -0.15) is 0 Å². The van der Waals surface area contributed by atoms with Crippen LogP contribution in [0.5, 0.6) is 0 Å². The highest BCUT2D eigenvalue weighted by molar-refractivity contribution is 6.25. The van der Waals surface area contributed by atoms with Gasteiger partial charge >= 0.3 is 0 Å². The van der Waals surface area contributed by atoms with E-state index in [-0.39, 0.29) is 0 Å². The van der Waals surface area contributed by atoms with E-state index in [1.807, 2.05) is 36.4 Å². The first-order valence-electron chi connectivity index (χ1n) is 15.5. The van der Waals surface area contributed by atoms with Gasteiger partial charge in [0.15, 0.2) is 5.82 Å². The van der Waals surface area contributed by atoms with Crippen molar-refractivity contribution in [1.82, 2.24) is 15.0 Å². The van der Waals surface area contributed by atoms with Gasteiger partial charge in [0, 0.05) is 33.0 Å². The zero-order chi connectivity index (χ0) is 30.5. The summed E-state index contributed by atoms with van der Waals surface area (Å²) in [6.45, 7) is 0. The number of pyridine rings is 1. The van der Waals surface area contributed by atoms with Crippen LogP contribution in [0, 0.1) is 0 Å². The standard InChI is InChI=1S/C43H27N3/c1-3-13-30(14-4-1)38-27-39(31-15-5-2-6-16-31)46-43(45-38)33-21-19-32(20-22-33)40-41-34-17-9-7-11-28(34)23-25-36(41)44-37-26-24-29-12-8-10-18-35(29)42(37)40/h1-27H. The monoisotopic (exact) mass is 585 g/mol. The first-order valence-corrected chi connectivity index (χ1v) is 15.5. The van der Waals surface area contributed by atoms with E-state index < -0.39 is 0 Å². The van der Waals surface area contributed by atoms with Crippen LogP contribution in [0.1, 0.15) is 0 Å². The number of fused-ring (bicyclic) bond motifs is 6. The van der Waals surface area contributed by atoms with Crippen LogP contribution in [0.25, 0.3) is 88.4 Å². The van der Waals surface area contributed by atoms with E-state index in [2.05, 4.69) is 127 Å². The fraction of sp³-hybridized carbons (Fsp3) is 0. The molecule has 0 fully saturated rings. The van der Waals surface area contributed by atoms with Gasteiger partial charge in [-0.15, -0.1) is 0 Å². The van der Waals surface area contributed by atoms with Crippen LogP contribution in [0.4, 0.5) is 0 Å². The smallest absolute Gasteiger partial charge is 0.160 e. The summed E-state index contributed by atoms with van der Waals surface area (Å²) in [5.41, 5.74) is 9.22. The van der Waals surface area contributed by atoms with Crippen molar-refractivity contribution in [3.05, 3.63) is 164 Å². The zero-order valence-corrected chi connectivity index (χ0v) is 24.9. The first-order chi connectivity index (χ1) is 22.8. The van der Waals surface area contributed by atoms with Gasteiger partial charge in [-0.1, -0.05) is 146 Å². The minimum absolute atomic E-state index is 0.701. The quantitative estimate of drug-likeness (QED) is 0.152. The first kappa shape index (κ1) is 26.2. The molecule has 214 valence electrons. The third-order valence-electron chi connectivity index (χ3n) is 8.85. The Morgan fingerprint density at radius 3 is 1.30 bits per heavy atom. The van der Waals surface area contributed by atoms with Gasteiger partial charge in [0.1, 0.15) is 0 Å². The summed E-state index contributed by atoms with van der Waals surface area (Å²) >= 11 is 0. The highest BCUT2D eigenvalue weighted by Crippen LogP contribution is 2.42. The van der Waals surface area contributed by atoms with Crippen LogP contribution < -0.4 is 0 Å². The molecule has 3 nitrogen and oxygen atoms in total. The Hall–Kier alpha value is -6.19. The lowest BCUT2D eigenvalue weighted by molar-refractivity contribution is 1.18. The second-order valence-corrected chi connectivity index (χ2v) is 11.6. The number of benzene rings is 7. The fourth-order valence-electron chi connectivity index (χ4n) is 6.65. The minimum Gasteiger partial charge on any atom is -0.248 e. The van der Waals surface area contributed by atoms with Crippen LogP contribution >= 0.6 is 0 Å². The maximum atomic E-state index is 5.19. The topological polar surface area (TPSA) is 38.7 Å². The molecule has 0 aliphatic carbocycles. The normalized spacial score (nSPS) is 11.5. The molecule has 46 heavy (non-hydrogen) atoms. The summed E-state index contributed by atoms with van der Waals surface area (Å²) < 4.78 is 0. The average molecular weight is 586 g/mol. The van der Waals surface area contributed by atoms with Gasteiger partial charge in [-0.05, 0) is 45.3 Å². The number of rotatable bonds is 4. The molecular formula is C43H27N3. The summed E-state index contributed by atoms with van der Waals surface area (Å²) in [7, 11) is 0. The van der Waals surface area contributed by atoms with Crippen molar-refractivity contribution in [2.75, 3.05) is 0 Å². The van der Waals surface area contributed by atoms with E-state index in [0.717, 1.165) is 44.7 Å². The number of hydrogen-bond donors (Lipinski definition) is 0. The largest absolute Gasteiger partial charge is 0.248 e. The molecule has 0 aliphatic rings. The van der Waals surface area contributed by atoms with Crippen LogP contribution in [0.2, 0.25) is 0 Å². The molecule has 0 atom stereocenters. The Bertz CT molecular complexity index is 2410. The highest BCUT2D eigenvalue weighted by atomic mass is 14.9. The third kappa shape index (κ3) is 4.41. The second kappa shape index (κ2) is 10.8. The van der Waals surface area contributed by atoms with Gasteiger partial charge in [-0.3, -0.25) is 0 Å². The van der Waals surface area contributed by atoms with E-state index in [1.165, 1.54) is 37.9 Å². The summed E-state index contributed by atoms with van der Waals surface area (Å²) in [6.07, 6.45) is 0. The summed E-state index contributed by atoms with van der Waals surface area (Å²) in [5.74, 6) is 0.701. The molecule has 0 bridgehead atoms. The molecule has 0 amide bonds. The molecule has 3 heteroatoms. The van der Waals surface area contributed by atoms with Crippen LogP contribution in [-0.2, 0) is 0 Å². The fourth-order valence-corrected chi connectivity index (χ4v) is 6.65. The van der Waals surface area contributed by atoms with Crippen LogP contribution in [0.15, 0.2) is 164 Å². The van der Waals surface area contributed by atoms with Gasteiger partial charge < -0.3 is 0 Å². The molecule has 0 unspecified atom stereocenters. The molecule has 9 aromatic rings. The van der Waals surface area contributed by atoms with Gasteiger partial charge in [0.2, 0.25) is 0 Å². The van der Waals surface area contributed by atoms with E-state index in [9.17, 15) is 0 Å². The highest BCUT2D eigenvalue weighted by Gasteiger charge is 2.17. The lowest BCUT2D eigenvalue weighted by Crippen LogP contribution is -1.96. The van der Waals surface area contributed by atoms with Crippen molar-refractivity contribution < 1.29 is 0 Å². The molecule has 2 heterocycles. The van der Waals surface area contributed by atoms with E-state index in [1.54, 1.807) is 0 Å². The van der Waals surface area contributed by atoms with Gasteiger partial charge in [0.05, 0.1) is 22.4 Å². The molecule has 0 radical (unpaired) electrons. The molecule has 0 N–H and O–H groups in total. The lowest BCUT2D eigenvalue weighted by atomic mass is 9.90. The van der Waals surface area contributed by atoms with Gasteiger partial charge in [0.25, 0.3) is 0 Å². The molecule has 9 rings (SSSR count). The Morgan fingerprint density at radius 1 is 0.326 bits per heavy atom. The van der Waals surface area contributed by atoms with Crippen molar-refractivity contribution in [3.63, 3.8) is 0 Å². The Kier molecular flexibility index (Phi) is 6.14.